The van der Waals surface area contributed by atoms with Gasteiger partial charge in [0.15, 0.2) is 0 Å². The fourth-order valence-corrected chi connectivity index (χ4v) is 2.18. The first-order valence-electron chi connectivity index (χ1n) is 4.74. The van der Waals surface area contributed by atoms with Crippen molar-refractivity contribution in [2.75, 3.05) is 0 Å². The standard InChI is InChI=1S/C10H22N2/c1-8(2)7-9(3,11)5-6-10(8,4)12/h5-7,11-12H2,1-4H3. The Balaban J connectivity index is 2.82. The van der Waals surface area contributed by atoms with Crippen molar-refractivity contribution in [2.24, 2.45) is 16.9 Å². The van der Waals surface area contributed by atoms with E-state index in [4.69, 9.17) is 11.5 Å². The van der Waals surface area contributed by atoms with E-state index in [1.807, 2.05) is 0 Å². The van der Waals surface area contributed by atoms with E-state index in [0.717, 1.165) is 19.3 Å². The zero-order valence-electron chi connectivity index (χ0n) is 8.78. The van der Waals surface area contributed by atoms with Crippen LogP contribution in [0.15, 0.2) is 0 Å². The molecular weight excluding hydrogens is 148 g/mol. The maximum atomic E-state index is 6.22. The molecule has 0 aromatic heterocycles. The molecule has 72 valence electrons. The highest BCUT2D eigenvalue weighted by Gasteiger charge is 2.46. The maximum Gasteiger partial charge on any atom is 0.0178 e. The van der Waals surface area contributed by atoms with Gasteiger partial charge in [0.1, 0.15) is 0 Å². The van der Waals surface area contributed by atoms with Crippen molar-refractivity contribution in [1.29, 1.82) is 0 Å². The van der Waals surface area contributed by atoms with E-state index >= 15 is 0 Å². The Morgan fingerprint density at radius 3 is 1.75 bits per heavy atom. The first-order chi connectivity index (χ1) is 5.16. The van der Waals surface area contributed by atoms with Crippen LogP contribution < -0.4 is 11.5 Å². The molecule has 1 aliphatic rings. The molecule has 0 aromatic rings. The van der Waals surface area contributed by atoms with Gasteiger partial charge in [-0.2, -0.15) is 0 Å². The molecule has 1 fully saturated rings. The van der Waals surface area contributed by atoms with Crippen molar-refractivity contribution in [3.63, 3.8) is 0 Å². The highest BCUT2D eigenvalue weighted by molar-refractivity contribution is 5.04. The Hall–Kier alpha value is -0.0800. The molecular formula is C10H22N2. The number of hydrogen-bond acceptors (Lipinski definition) is 2. The van der Waals surface area contributed by atoms with E-state index in [0.29, 0.717) is 0 Å². The molecule has 1 saturated carbocycles. The summed E-state index contributed by atoms with van der Waals surface area (Å²) in [6, 6.07) is 0. The van der Waals surface area contributed by atoms with E-state index in [2.05, 4.69) is 27.7 Å². The third-order valence-corrected chi connectivity index (χ3v) is 3.61. The van der Waals surface area contributed by atoms with Crippen LogP contribution in [-0.2, 0) is 0 Å². The van der Waals surface area contributed by atoms with Crippen molar-refractivity contribution >= 4 is 0 Å². The molecule has 0 aromatic carbocycles. The van der Waals surface area contributed by atoms with Gasteiger partial charge >= 0.3 is 0 Å². The summed E-state index contributed by atoms with van der Waals surface area (Å²) in [6.07, 6.45) is 3.10. The second kappa shape index (κ2) is 2.46. The molecule has 2 nitrogen and oxygen atoms in total. The first-order valence-corrected chi connectivity index (χ1v) is 4.74. The van der Waals surface area contributed by atoms with Crippen LogP contribution in [0.4, 0.5) is 0 Å². The Bertz CT molecular complexity index is 180. The molecule has 0 amide bonds. The van der Waals surface area contributed by atoms with Gasteiger partial charge in [-0.25, -0.2) is 0 Å². The summed E-state index contributed by atoms with van der Waals surface area (Å²) >= 11 is 0. The zero-order chi connectivity index (χ0) is 9.62. The average Bonchev–Trinajstić information content (AvgIpc) is 1.79. The second-order valence-corrected chi connectivity index (χ2v) is 5.63. The monoisotopic (exact) mass is 170 g/mol. The van der Waals surface area contributed by atoms with Crippen molar-refractivity contribution in [1.82, 2.24) is 0 Å². The van der Waals surface area contributed by atoms with Crippen LogP contribution in [0.2, 0.25) is 0 Å². The van der Waals surface area contributed by atoms with Gasteiger partial charge in [0, 0.05) is 11.1 Å². The fourth-order valence-electron chi connectivity index (χ4n) is 2.18. The van der Waals surface area contributed by atoms with Crippen LogP contribution in [-0.4, -0.2) is 11.1 Å². The Morgan fingerprint density at radius 2 is 1.42 bits per heavy atom. The fraction of sp³-hybridized carbons (Fsp3) is 1.00. The summed E-state index contributed by atoms with van der Waals surface area (Å²) in [4.78, 5) is 0. The van der Waals surface area contributed by atoms with Gasteiger partial charge < -0.3 is 11.5 Å². The number of nitrogens with two attached hydrogens (primary N) is 2. The molecule has 2 heteroatoms. The van der Waals surface area contributed by atoms with Gasteiger partial charge in [-0.05, 0) is 38.5 Å². The van der Waals surface area contributed by atoms with Gasteiger partial charge in [-0.1, -0.05) is 13.8 Å². The summed E-state index contributed by atoms with van der Waals surface area (Å²) in [5.41, 5.74) is 12.4. The molecule has 2 unspecified atom stereocenters. The van der Waals surface area contributed by atoms with Gasteiger partial charge in [-0.15, -0.1) is 0 Å². The van der Waals surface area contributed by atoms with Crippen molar-refractivity contribution in [2.45, 2.75) is 58.0 Å². The number of hydrogen-bond donors (Lipinski definition) is 2. The van der Waals surface area contributed by atoms with E-state index in [1.165, 1.54) is 0 Å². The normalized spacial score (nSPS) is 47.5. The summed E-state index contributed by atoms with van der Waals surface area (Å²) in [7, 11) is 0. The highest BCUT2D eigenvalue weighted by atomic mass is 14.8. The van der Waals surface area contributed by atoms with Crippen LogP contribution >= 0.6 is 0 Å². The SMILES string of the molecule is CC1(N)CCC(C)(N)C(C)(C)C1. The summed E-state index contributed by atoms with van der Waals surface area (Å²) in [5, 5.41) is 0. The average molecular weight is 170 g/mol. The topological polar surface area (TPSA) is 52.0 Å². The maximum absolute atomic E-state index is 6.22. The molecule has 0 saturated heterocycles. The predicted octanol–water partition coefficient (Wildman–Crippen LogP) is 1.63. The minimum atomic E-state index is -0.0497. The van der Waals surface area contributed by atoms with Gasteiger partial charge in [0.2, 0.25) is 0 Å². The molecule has 0 heterocycles. The first kappa shape index (κ1) is 10.0. The third-order valence-electron chi connectivity index (χ3n) is 3.61. The molecule has 1 rings (SSSR count). The van der Waals surface area contributed by atoms with Crippen LogP contribution in [0.3, 0.4) is 0 Å². The summed E-state index contributed by atoms with van der Waals surface area (Å²) < 4.78 is 0. The Labute approximate surface area is 75.7 Å². The lowest BCUT2D eigenvalue weighted by Gasteiger charge is -2.51. The van der Waals surface area contributed by atoms with Crippen LogP contribution in [0.1, 0.15) is 47.0 Å². The van der Waals surface area contributed by atoms with Gasteiger partial charge in [-0.3, -0.25) is 0 Å². The number of rotatable bonds is 0. The van der Waals surface area contributed by atoms with Crippen LogP contribution in [0, 0.1) is 5.41 Å². The summed E-state index contributed by atoms with van der Waals surface area (Å²) in [6.45, 7) is 8.71. The Morgan fingerprint density at radius 1 is 0.917 bits per heavy atom. The van der Waals surface area contributed by atoms with E-state index < -0.39 is 0 Å². The smallest absolute Gasteiger partial charge is 0.0178 e. The van der Waals surface area contributed by atoms with Crippen LogP contribution in [0.25, 0.3) is 0 Å². The van der Waals surface area contributed by atoms with E-state index in [9.17, 15) is 0 Å². The lowest BCUT2D eigenvalue weighted by molar-refractivity contribution is 0.0676. The lowest BCUT2D eigenvalue weighted by Crippen LogP contribution is -2.59. The summed E-state index contributed by atoms with van der Waals surface area (Å²) in [5.74, 6) is 0. The molecule has 12 heavy (non-hydrogen) atoms. The second-order valence-electron chi connectivity index (χ2n) is 5.63. The molecule has 0 radical (unpaired) electrons. The third kappa shape index (κ3) is 1.64. The molecule has 2 atom stereocenters. The Kier molecular flexibility index (Phi) is 2.05. The molecule has 4 N–H and O–H groups in total. The highest BCUT2D eigenvalue weighted by Crippen LogP contribution is 2.44. The zero-order valence-corrected chi connectivity index (χ0v) is 8.78. The van der Waals surface area contributed by atoms with E-state index in [1.54, 1.807) is 0 Å². The predicted molar refractivity (Wildman–Crippen MR) is 52.8 cm³/mol. The molecule has 0 spiro atoms. The lowest BCUT2D eigenvalue weighted by atomic mass is 9.59. The minimum absolute atomic E-state index is 0.0115. The van der Waals surface area contributed by atoms with Crippen molar-refractivity contribution in [3.8, 4) is 0 Å². The van der Waals surface area contributed by atoms with Gasteiger partial charge in [0.05, 0.1) is 0 Å². The molecule has 1 aliphatic carbocycles. The van der Waals surface area contributed by atoms with Crippen molar-refractivity contribution in [3.05, 3.63) is 0 Å². The molecule has 0 aliphatic heterocycles. The largest absolute Gasteiger partial charge is 0.325 e. The molecule has 0 bridgehead atoms. The minimum Gasteiger partial charge on any atom is -0.325 e. The van der Waals surface area contributed by atoms with Crippen LogP contribution in [0.5, 0.6) is 0 Å². The van der Waals surface area contributed by atoms with Gasteiger partial charge in [0.25, 0.3) is 0 Å². The van der Waals surface area contributed by atoms with E-state index in [-0.39, 0.29) is 16.5 Å². The quantitative estimate of drug-likeness (QED) is 0.580. The van der Waals surface area contributed by atoms with Crippen molar-refractivity contribution < 1.29 is 0 Å².